The Labute approximate surface area is 126 Å². The third-order valence-corrected chi connectivity index (χ3v) is 3.66. The number of amides is 1. The lowest BCUT2D eigenvalue weighted by molar-refractivity contribution is 0.0988. The smallest absolute Gasteiger partial charge is 0.259 e. The van der Waals surface area contributed by atoms with E-state index in [-0.39, 0.29) is 18.3 Å². The van der Waals surface area contributed by atoms with E-state index in [2.05, 4.69) is 11.8 Å². The predicted octanol–water partition coefficient (Wildman–Crippen LogP) is 2.90. The highest BCUT2D eigenvalue weighted by Crippen LogP contribution is 2.21. The molecule has 2 rings (SSSR count). The van der Waals surface area contributed by atoms with Crippen molar-refractivity contribution in [1.82, 2.24) is 0 Å². The van der Waals surface area contributed by atoms with Gasteiger partial charge in [-0.1, -0.05) is 17.9 Å². The van der Waals surface area contributed by atoms with Crippen molar-refractivity contribution in [1.29, 1.82) is 0 Å². The largest absolute Gasteiger partial charge is 0.384 e. The molecule has 0 radical (unpaired) electrons. The number of nitrogens with zero attached hydrogens (tertiary/aromatic N) is 1. The van der Waals surface area contributed by atoms with Crippen molar-refractivity contribution in [2.75, 3.05) is 18.1 Å². The van der Waals surface area contributed by atoms with Crippen LogP contribution in [0.2, 0.25) is 0 Å². The minimum Gasteiger partial charge on any atom is -0.384 e. The van der Waals surface area contributed by atoms with Crippen LogP contribution < -0.4 is 4.90 Å². The quantitative estimate of drug-likeness (QED) is 0.886. The molecule has 3 nitrogen and oxygen atoms in total. The van der Waals surface area contributed by atoms with E-state index in [1.54, 1.807) is 23.6 Å². The van der Waals surface area contributed by atoms with E-state index in [1.165, 1.54) is 28.4 Å². The molecule has 0 atom stereocenters. The van der Waals surface area contributed by atoms with Crippen molar-refractivity contribution in [3.05, 3.63) is 52.0 Å². The topological polar surface area (TPSA) is 40.5 Å². The maximum atomic E-state index is 13.3. The maximum Gasteiger partial charge on any atom is 0.259 e. The molecule has 0 unspecified atom stereocenters. The summed E-state index contributed by atoms with van der Waals surface area (Å²) in [6, 6.07) is 7.63. The molecule has 0 aliphatic heterocycles. The predicted molar refractivity (Wildman–Crippen MR) is 82.0 cm³/mol. The molecule has 2 aromatic rings. The van der Waals surface area contributed by atoms with Crippen LogP contribution in [0, 0.1) is 17.7 Å². The summed E-state index contributed by atoms with van der Waals surface area (Å²) in [5.74, 6) is 4.73. The summed E-state index contributed by atoms with van der Waals surface area (Å²) < 4.78 is 13.3. The van der Waals surface area contributed by atoms with Gasteiger partial charge >= 0.3 is 0 Å². The number of halogens is 1. The fraction of sp³-hybridized carbons (Fsp3) is 0.188. The normalized spacial score (nSPS) is 9.86. The molecule has 1 aromatic carbocycles. The van der Waals surface area contributed by atoms with Gasteiger partial charge in [0.05, 0.1) is 10.4 Å². The minimum absolute atomic E-state index is 0.198. The average molecular weight is 303 g/mol. The average Bonchev–Trinajstić information content (AvgIpc) is 2.94. The summed E-state index contributed by atoms with van der Waals surface area (Å²) in [6.45, 7) is 2.06. The van der Waals surface area contributed by atoms with Crippen molar-refractivity contribution in [3.63, 3.8) is 0 Å². The second-order valence-electron chi connectivity index (χ2n) is 4.19. The molecule has 0 aliphatic rings. The summed E-state index contributed by atoms with van der Waals surface area (Å²) >= 11 is 1.34. The number of aliphatic hydroxyl groups excluding tert-OH is 1. The molecule has 1 amide bonds. The van der Waals surface area contributed by atoms with Gasteiger partial charge in [-0.15, -0.1) is 11.3 Å². The molecule has 5 heteroatoms. The van der Waals surface area contributed by atoms with E-state index in [0.717, 1.165) is 0 Å². The Morgan fingerprint density at radius 1 is 1.43 bits per heavy atom. The van der Waals surface area contributed by atoms with Crippen molar-refractivity contribution < 1.29 is 14.3 Å². The molecule has 1 N–H and O–H groups in total. The Kier molecular flexibility index (Phi) is 5.09. The highest BCUT2D eigenvalue weighted by Gasteiger charge is 2.17. The van der Waals surface area contributed by atoms with E-state index in [9.17, 15) is 9.18 Å². The van der Waals surface area contributed by atoms with Crippen LogP contribution in [0.25, 0.3) is 0 Å². The SMILES string of the molecule is CCN(C(=O)c1csc(C#CCO)c1)c1cccc(F)c1. The standard InChI is InChI=1S/C16H14FNO2S/c1-2-18(14-6-3-5-13(17)10-14)16(20)12-9-15(21-11-12)7-4-8-19/h3,5-6,9-11,19H,2,8H2,1H3. The van der Waals surface area contributed by atoms with Gasteiger partial charge in [0.1, 0.15) is 12.4 Å². The molecular formula is C16H14FNO2S. The number of hydrogen-bond donors (Lipinski definition) is 1. The molecule has 108 valence electrons. The van der Waals surface area contributed by atoms with Gasteiger partial charge in [0, 0.05) is 17.6 Å². The molecule has 0 aliphatic carbocycles. The van der Waals surface area contributed by atoms with E-state index in [4.69, 9.17) is 5.11 Å². The zero-order valence-corrected chi connectivity index (χ0v) is 12.3. The summed E-state index contributed by atoms with van der Waals surface area (Å²) in [4.78, 5) is 14.7. The van der Waals surface area contributed by atoms with Gasteiger partial charge in [0.2, 0.25) is 0 Å². The molecule has 0 saturated heterocycles. The number of carbonyl (C=O) groups excluding carboxylic acids is 1. The number of rotatable bonds is 3. The minimum atomic E-state index is -0.376. The molecule has 0 fully saturated rings. The second-order valence-corrected chi connectivity index (χ2v) is 5.10. The van der Waals surface area contributed by atoms with Crippen molar-refractivity contribution in [3.8, 4) is 11.8 Å². The molecule has 0 spiro atoms. The van der Waals surface area contributed by atoms with Gasteiger partial charge in [0.15, 0.2) is 0 Å². The van der Waals surface area contributed by atoms with Crippen LogP contribution in [-0.4, -0.2) is 24.2 Å². The summed E-state index contributed by atoms with van der Waals surface area (Å²) in [5.41, 5.74) is 1.03. The lowest BCUT2D eigenvalue weighted by Gasteiger charge is -2.20. The summed E-state index contributed by atoms with van der Waals surface area (Å²) in [7, 11) is 0. The van der Waals surface area contributed by atoms with Crippen LogP contribution in [0.4, 0.5) is 10.1 Å². The number of hydrogen-bond acceptors (Lipinski definition) is 3. The third kappa shape index (κ3) is 3.69. The molecule has 0 bridgehead atoms. The number of anilines is 1. The van der Waals surface area contributed by atoms with Gasteiger partial charge in [-0.2, -0.15) is 0 Å². The van der Waals surface area contributed by atoms with Gasteiger partial charge in [0.25, 0.3) is 5.91 Å². The van der Waals surface area contributed by atoms with Gasteiger partial charge in [-0.3, -0.25) is 4.79 Å². The number of thiophene rings is 1. The van der Waals surface area contributed by atoms with Crippen LogP contribution in [0.1, 0.15) is 22.2 Å². The van der Waals surface area contributed by atoms with Crippen LogP contribution in [0.15, 0.2) is 35.7 Å². The first kappa shape index (κ1) is 15.2. The Balaban J connectivity index is 2.26. The van der Waals surface area contributed by atoms with E-state index in [0.29, 0.717) is 22.7 Å². The van der Waals surface area contributed by atoms with Crippen molar-refractivity contribution >= 4 is 22.9 Å². The van der Waals surface area contributed by atoms with E-state index < -0.39 is 0 Å². The second kappa shape index (κ2) is 7.02. The number of carbonyl (C=O) groups is 1. The Morgan fingerprint density at radius 2 is 2.24 bits per heavy atom. The first-order valence-corrected chi connectivity index (χ1v) is 7.29. The van der Waals surface area contributed by atoms with Crippen LogP contribution in [-0.2, 0) is 0 Å². The molecule has 21 heavy (non-hydrogen) atoms. The van der Waals surface area contributed by atoms with E-state index >= 15 is 0 Å². The Morgan fingerprint density at radius 3 is 2.90 bits per heavy atom. The fourth-order valence-corrected chi connectivity index (χ4v) is 2.63. The van der Waals surface area contributed by atoms with Crippen LogP contribution in [0.5, 0.6) is 0 Å². The zero-order valence-electron chi connectivity index (χ0n) is 11.5. The van der Waals surface area contributed by atoms with E-state index in [1.807, 2.05) is 6.92 Å². The van der Waals surface area contributed by atoms with Crippen molar-refractivity contribution in [2.45, 2.75) is 6.92 Å². The molecule has 0 saturated carbocycles. The Hall–Kier alpha value is -2.16. The zero-order chi connectivity index (χ0) is 15.2. The first-order valence-electron chi connectivity index (χ1n) is 6.41. The molecule has 1 aromatic heterocycles. The highest BCUT2D eigenvalue weighted by molar-refractivity contribution is 7.10. The monoisotopic (exact) mass is 303 g/mol. The third-order valence-electron chi connectivity index (χ3n) is 2.82. The lowest BCUT2D eigenvalue weighted by Crippen LogP contribution is -2.30. The van der Waals surface area contributed by atoms with Gasteiger partial charge in [-0.05, 0) is 31.2 Å². The fourth-order valence-electron chi connectivity index (χ4n) is 1.88. The Bertz CT molecular complexity index is 700. The number of benzene rings is 1. The summed E-state index contributed by atoms with van der Waals surface area (Å²) in [6.07, 6.45) is 0. The lowest BCUT2D eigenvalue weighted by atomic mass is 10.2. The number of aliphatic hydroxyl groups is 1. The molecular weight excluding hydrogens is 289 g/mol. The molecule has 1 heterocycles. The highest BCUT2D eigenvalue weighted by atomic mass is 32.1. The first-order chi connectivity index (χ1) is 10.2. The van der Waals surface area contributed by atoms with Gasteiger partial charge in [-0.25, -0.2) is 4.39 Å². The maximum absolute atomic E-state index is 13.3. The van der Waals surface area contributed by atoms with Crippen molar-refractivity contribution in [2.24, 2.45) is 0 Å². The van der Waals surface area contributed by atoms with Crippen LogP contribution in [0.3, 0.4) is 0 Å². The van der Waals surface area contributed by atoms with Gasteiger partial charge < -0.3 is 10.0 Å². The van der Waals surface area contributed by atoms with Crippen LogP contribution >= 0.6 is 11.3 Å². The summed E-state index contributed by atoms with van der Waals surface area (Å²) in [5, 5.41) is 10.4.